The van der Waals surface area contributed by atoms with Gasteiger partial charge in [-0.1, -0.05) is 9.21 Å². The molecular formula is C25H36N3O13P3. The maximum absolute atomic E-state index is 6.73. The number of hydrogen-bond donors (Lipinski definition) is 1. The summed E-state index contributed by atoms with van der Waals surface area (Å²) in [6, 6.07) is 1.84. The van der Waals surface area contributed by atoms with Crippen molar-refractivity contribution in [2.24, 2.45) is 0 Å². The molecule has 9 atom stereocenters. The van der Waals surface area contributed by atoms with Gasteiger partial charge >= 0.3 is 0 Å². The van der Waals surface area contributed by atoms with Crippen molar-refractivity contribution in [3.05, 3.63) is 11.6 Å². The predicted molar refractivity (Wildman–Crippen MR) is 154 cm³/mol. The first-order chi connectivity index (χ1) is 21.7. The highest BCUT2D eigenvalue weighted by Crippen LogP contribution is 2.67. The van der Waals surface area contributed by atoms with Crippen LogP contribution in [0.4, 0.5) is 0 Å². The summed E-state index contributed by atoms with van der Waals surface area (Å²) < 4.78 is 67.7. The van der Waals surface area contributed by atoms with Gasteiger partial charge < -0.3 is 51.7 Å². The van der Waals surface area contributed by atoms with Crippen molar-refractivity contribution in [2.75, 3.05) is 79.3 Å². The van der Waals surface area contributed by atoms with E-state index < -0.39 is 16.9 Å². The van der Waals surface area contributed by atoms with E-state index in [1.54, 1.807) is 9.21 Å². The fourth-order valence-corrected chi connectivity index (χ4v) is 9.69. The van der Waals surface area contributed by atoms with Crippen LogP contribution in [0.1, 0.15) is 5.56 Å². The van der Waals surface area contributed by atoms with Gasteiger partial charge in [-0.3, -0.25) is 9.68 Å². The fourth-order valence-electron chi connectivity index (χ4n) is 3.92. The third kappa shape index (κ3) is 8.57. The van der Waals surface area contributed by atoms with E-state index >= 15 is 0 Å². The van der Waals surface area contributed by atoms with E-state index in [1.807, 2.05) is 13.0 Å². The van der Waals surface area contributed by atoms with Crippen molar-refractivity contribution in [1.29, 1.82) is 0 Å². The van der Waals surface area contributed by atoms with Crippen molar-refractivity contribution in [3.63, 3.8) is 0 Å². The van der Waals surface area contributed by atoms with Crippen LogP contribution in [0, 0.1) is 6.92 Å². The number of hydrogen-bond acceptors (Lipinski definition) is 16. The van der Waals surface area contributed by atoms with Gasteiger partial charge in [-0.2, -0.15) is 0 Å². The Morgan fingerprint density at radius 2 is 1.23 bits per heavy atom. The summed E-state index contributed by atoms with van der Waals surface area (Å²) in [6.07, 6.45) is 0.325. The molecule has 0 spiro atoms. The molecule has 0 amide bonds. The van der Waals surface area contributed by atoms with Crippen molar-refractivity contribution in [1.82, 2.24) is 14.1 Å². The average molecular weight is 679 g/mol. The zero-order chi connectivity index (χ0) is 29.5. The first-order valence-electron chi connectivity index (χ1n) is 14.7. The second-order valence-corrected chi connectivity index (χ2v) is 15.9. The molecule has 19 heteroatoms. The number of epoxide rings is 6. The lowest BCUT2D eigenvalue weighted by Crippen LogP contribution is -2.34. The highest BCUT2D eigenvalue weighted by molar-refractivity contribution is 7.74. The van der Waals surface area contributed by atoms with E-state index in [0.29, 0.717) is 102 Å². The number of rotatable bonds is 20. The van der Waals surface area contributed by atoms with Crippen LogP contribution in [0.25, 0.3) is 0 Å². The van der Waals surface area contributed by atoms with E-state index in [2.05, 4.69) is 4.86 Å². The molecule has 0 aromatic heterocycles. The van der Waals surface area contributed by atoms with Gasteiger partial charge in [-0.25, -0.2) is 4.86 Å². The third-order valence-corrected chi connectivity index (χ3v) is 12.3. The second kappa shape index (κ2) is 13.8. The van der Waals surface area contributed by atoms with E-state index in [9.17, 15) is 0 Å². The molecule has 16 nitrogen and oxygen atoms in total. The molecule has 9 unspecified atom stereocenters. The fraction of sp³-hybridized carbons (Fsp3) is 0.760. The quantitative estimate of drug-likeness (QED) is 0.157. The lowest BCUT2D eigenvalue weighted by molar-refractivity contribution is -0.0736. The summed E-state index contributed by atoms with van der Waals surface area (Å²) in [7, 11) is -3.06. The number of benzene rings is 1. The van der Waals surface area contributed by atoms with Gasteiger partial charge in [-0.15, -0.1) is 0 Å². The molecule has 7 saturated heterocycles. The average Bonchev–Trinajstić information content (AvgIpc) is 3.81. The number of ether oxygens (including phenoxy) is 9. The Balaban J connectivity index is 1.06. The Bertz CT molecular complexity index is 1150. The van der Waals surface area contributed by atoms with Gasteiger partial charge in [-0.05, 0) is 6.92 Å². The minimum atomic E-state index is -1.57. The first kappa shape index (κ1) is 30.6. The zero-order valence-corrected chi connectivity index (χ0v) is 26.9. The third-order valence-electron chi connectivity index (χ3n) is 7.09. The molecule has 0 saturated carbocycles. The Kier molecular flexibility index (Phi) is 9.56. The molecule has 1 aromatic carbocycles. The van der Waals surface area contributed by atoms with Gasteiger partial charge in [0.05, 0.1) is 68.3 Å². The second-order valence-electron chi connectivity index (χ2n) is 11.1. The van der Waals surface area contributed by atoms with Crippen LogP contribution >= 0.6 is 25.8 Å². The lowest BCUT2D eigenvalue weighted by Gasteiger charge is -2.42. The van der Waals surface area contributed by atoms with Crippen LogP contribution in [-0.4, -0.2) is 125 Å². The van der Waals surface area contributed by atoms with Gasteiger partial charge in [0.1, 0.15) is 62.2 Å². The Hall–Kier alpha value is -0.770. The standard InChI is InChI=1S/C25H36N3O13P3/c1-15-22(2-23(35-9-16-3-29-16)25(37-11-18-5-31-18)24(15)36-10-17-4-30-17)41-43-26-42-27(38-12-19-6-32-19)44(40-14-21-8-34-21)28(43)39-13-20-7-33-20/h2,16-21,26,42H,3-14H2,1H3. The zero-order valence-electron chi connectivity index (χ0n) is 24.1. The summed E-state index contributed by atoms with van der Waals surface area (Å²) >= 11 is 0. The molecule has 0 bridgehead atoms. The summed E-state index contributed by atoms with van der Waals surface area (Å²) in [5, 5.41) is 0. The van der Waals surface area contributed by atoms with Gasteiger partial charge in [0.15, 0.2) is 11.5 Å². The predicted octanol–water partition coefficient (Wildman–Crippen LogP) is 1.95. The summed E-state index contributed by atoms with van der Waals surface area (Å²) in [4.78, 5) is 15.9. The normalized spacial score (nSPS) is 35.8. The molecule has 44 heavy (non-hydrogen) atoms. The lowest BCUT2D eigenvalue weighted by atomic mass is 10.1. The van der Waals surface area contributed by atoms with Crippen LogP contribution < -0.4 is 23.6 Å². The molecule has 1 aromatic rings. The smallest absolute Gasteiger partial charge is 0.282 e. The largest absolute Gasteiger partial charge is 0.487 e. The molecule has 244 valence electrons. The minimum Gasteiger partial charge on any atom is -0.487 e. The molecule has 7 aliphatic heterocycles. The maximum atomic E-state index is 6.73. The number of nitrogens with one attached hydrogen (secondary N) is 1. The molecule has 0 aliphatic carbocycles. The summed E-state index contributed by atoms with van der Waals surface area (Å²) in [5.74, 6) is 2.10. The van der Waals surface area contributed by atoms with Crippen LogP contribution in [0.15, 0.2) is 6.07 Å². The van der Waals surface area contributed by atoms with Gasteiger partial charge in [0.25, 0.3) is 16.9 Å². The van der Waals surface area contributed by atoms with Gasteiger partial charge in [0.2, 0.25) is 5.75 Å². The minimum absolute atomic E-state index is 0.0250. The van der Waals surface area contributed by atoms with E-state index in [1.165, 1.54) is 0 Å². The Morgan fingerprint density at radius 1 is 0.705 bits per heavy atom. The summed E-state index contributed by atoms with van der Waals surface area (Å²) in [6.45, 7) is 8.31. The topological polar surface area (TPSA) is 158 Å². The summed E-state index contributed by atoms with van der Waals surface area (Å²) in [5.41, 5.74) is 0.756. The molecule has 7 aliphatic rings. The molecule has 1 N–H and O–H groups in total. The van der Waals surface area contributed by atoms with Crippen molar-refractivity contribution >= 4 is 25.8 Å². The first-order valence-corrected chi connectivity index (χ1v) is 18.0. The maximum Gasteiger partial charge on any atom is 0.282 e. The SMILES string of the molecule is Cc1c(OP2NPN(OCC3CO3)P(OCC3CO3)N2OCC2CO2)cc(OCC2CO2)c(OCC2CO2)c1OCC1CO1. The molecular weight excluding hydrogens is 643 g/mol. The van der Waals surface area contributed by atoms with Crippen LogP contribution in [0.2, 0.25) is 0 Å². The van der Waals surface area contributed by atoms with Crippen molar-refractivity contribution < 1.29 is 61.4 Å². The highest BCUT2D eigenvalue weighted by atomic mass is 31.3. The number of nitrogens with zero attached hydrogens (tertiary/aromatic N) is 2. The van der Waals surface area contributed by atoms with Crippen molar-refractivity contribution in [3.8, 4) is 23.0 Å². The molecule has 8 rings (SSSR count). The van der Waals surface area contributed by atoms with Crippen LogP contribution in [0.3, 0.4) is 0 Å². The molecule has 7 heterocycles. The Morgan fingerprint density at radius 3 is 1.84 bits per heavy atom. The van der Waals surface area contributed by atoms with Crippen LogP contribution in [0.5, 0.6) is 23.0 Å². The monoisotopic (exact) mass is 679 g/mol. The van der Waals surface area contributed by atoms with E-state index in [-0.39, 0.29) is 45.5 Å². The van der Waals surface area contributed by atoms with Crippen molar-refractivity contribution in [2.45, 2.75) is 43.5 Å². The Labute approximate surface area is 258 Å². The molecule has 0 radical (unpaired) electrons. The molecule has 7 fully saturated rings. The highest BCUT2D eigenvalue weighted by Gasteiger charge is 2.46. The van der Waals surface area contributed by atoms with Gasteiger partial charge in [0, 0.05) is 11.6 Å². The van der Waals surface area contributed by atoms with Crippen LogP contribution in [-0.2, 0) is 42.6 Å². The van der Waals surface area contributed by atoms with E-state index in [4.69, 9.17) is 61.4 Å². The van der Waals surface area contributed by atoms with E-state index in [0.717, 1.165) is 5.56 Å².